The number of benzene rings is 2. The topological polar surface area (TPSA) is 96.1 Å². The number of carbonyl (C=O) groups is 1. The fourth-order valence-corrected chi connectivity index (χ4v) is 3.73. The van der Waals surface area contributed by atoms with E-state index in [1.165, 1.54) is 42.6 Å². The third-order valence-corrected chi connectivity index (χ3v) is 5.88. The van der Waals surface area contributed by atoms with Crippen LogP contribution in [0.1, 0.15) is 33.6 Å². The second-order valence-corrected chi connectivity index (χ2v) is 9.07. The van der Waals surface area contributed by atoms with Crippen LogP contribution in [-0.4, -0.2) is 25.6 Å². The number of nitrogens with one attached hydrogen (secondary N) is 2. The summed E-state index contributed by atoms with van der Waals surface area (Å²) in [4.78, 5) is 28.5. The summed E-state index contributed by atoms with van der Waals surface area (Å²) in [6, 6.07) is 11.5. The Morgan fingerprint density at radius 1 is 1.13 bits per heavy atom. The minimum atomic E-state index is -3.32. The van der Waals surface area contributed by atoms with E-state index in [2.05, 4.69) is 10.3 Å². The molecule has 1 amide bonds. The van der Waals surface area contributed by atoms with Gasteiger partial charge in [-0.1, -0.05) is 30.3 Å². The van der Waals surface area contributed by atoms with Gasteiger partial charge in [0.15, 0.2) is 9.84 Å². The SMILES string of the molecule is Cc1[nH]cc(C(=O)NCc2ccc(S(C)(=O)=O)cc2)c(=O)c1-c1cccc(C(F)F)c1. The fourth-order valence-electron chi connectivity index (χ4n) is 3.10. The average molecular weight is 446 g/mol. The standard InChI is InChI=1S/C22H20F2N2O4S/c1-13-19(15-4-3-5-16(10-15)21(23)24)20(27)18(12-25-13)22(28)26-11-14-6-8-17(9-7-14)31(2,29)30/h3-10,12,21H,11H2,1-2H3,(H,25,27)(H,26,28). The van der Waals surface area contributed by atoms with Crippen LogP contribution in [0.25, 0.3) is 11.1 Å². The van der Waals surface area contributed by atoms with Crippen molar-refractivity contribution >= 4 is 15.7 Å². The van der Waals surface area contributed by atoms with Gasteiger partial charge in [-0.05, 0) is 36.2 Å². The molecule has 0 fully saturated rings. The van der Waals surface area contributed by atoms with Crippen molar-refractivity contribution in [3.05, 3.63) is 87.3 Å². The monoisotopic (exact) mass is 446 g/mol. The van der Waals surface area contributed by atoms with Gasteiger partial charge in [0.1, 0.15) is 5.56 Å². The molecule has 0 atom stereocenters. The predicted octanol–water partition coefficient (Wildman–Crippen LogP) is 3.62. The number of aromatic amines is 1. The number of hydrogen-bond acceptors (Lipinski definition) is 4. The average Bonchev–Trinajstić information content (AvgIpc) is 2.72. The molecule has 0 aliphatic carbocycles. The molecular formula is C22H20F2N2O4S. The first-order chi connectivity index (χ1) is 14.6. The molecule has 1 heterocycles. The highest BCUT2D eigenvalue weighted by Crippen LogP contribution is 2.25. The molecule has 0 saturated carbocycles. The second-order valence-electron chi connectivity index (χ2n) is 7.06. The van der Waals surface area contributed by atoms with Crippen molar-refractivity contribution in [2.75, 3.05) is 6.26 Å². The van der Waals surface area contributed by atoms with Gasteiger partial charge in [0.2, 0.25) is 5.43 Å². The maximum atomic E-state index is 13.0. The molecule has 3 aromatic rings. The van der Waals surface area contributed by atoms with E-state index >= 15 is 0 Å². The minimum Gasteiger partial charge on any atom is -0.364 e. The van der Waals surface area contributed by atoms with Crippen LogP contribution in [-0.2, 0) is 16.4 Å². The molecule has 0 unspecified atom stereocenters. The van der Waals surface area contributed by atoms with Crippen LogP contribution in [0, 0.1) is 6.92 Å². The van der Waals surface area contributed by atoms with Crippen molar-refractivity contribution in [3.63, 3.8) is 0 Å². The van der Waals surface area contributed by atoms with Gasteiger partial charge < -0.3 is 10.3 Å². The largest absolute Gasteiger partial charge is 0.364 e. The summed E-state index contributed by atoms with van der Waals surface area (Å²) in [5, 5.41) is 2.61. The van der Waals surface area contributed by atoms with Crippen LogP contribution in [0.4, 0.5) is 8.78 Å². The smallest absolute Gasteiger partial charge is 0.263 e. The van der Waals surface area contributed by atoms with E-state index in [-0.39, 0.29) is 28.1 Å². The summed E-state index contributed by atoms with van der Waals surface area (Å²) in [5.74, 6) is -0.639. The highest BCUT2D eigenvalue weighted by Gasteiger charge is 2.18. The summed E-state index contributed by atoms with van der Waals surface area (Å²) < 4.78 is 49.1. The summed E-state index contributed by atoms with van der Waals surface area (Å²) >= 11 is 0. The first kappa shape index (κ1) is 22.4. The molecule has 2 aromatic carbocycles. The van der Waals surface area contributed by atoms with E-state index in [9.17, 15) is 26.8 Å². The first-order valence-electron chi connectivity index (χ1n) is 9.26. The number of H-pyrrole nitrogens is 1. The van der Waals surface area contributed by atoms with E-state index in [0.29, 0.717) is 16.8 Å². The van der Waals surface area contributed by atoms with Crippen molar-refractivity contribution in [2.45, 2.75) is 24.8 Å². The third kappa shape index (κ3) is 5.05. The maximum absolute atomic E-state index is 13.0. The van der Waals surface area contributed by atoms with Crippen molar-refractivity contribution in [1.82, 2.24) is 10.3 Å². The summed E-state index contributed by atoms with van der Waals surface area (Å²) in [6.07, 6.45) is -0.303. The zero-order chi connectivity index (χ0) is 22.8. The number of sulfone groups is 1. The Morgan fingerprint density at radius 3 is 2.42 bits per heavy atom. The molecule has 3 rings (SSSR count). The second kappa shape index (κ2) is 8.81. The molecular weight excluding hydrogens is 426 g/mol. The minimum absolute atomic E-state index is 0.0758. The van der Waals surface area contributed by atoms with Crippen molar-refractivity contribution in [1.29, 1.82) is 0 Å². The zero-order valence-electron chi connectivity index (χ0n) is 16.8. The van der Waals surface area contributed by atoms with Crippen LogP contribution in [0.2, 0.25) is 0 Å². The van der Waals surface area contributed by atoms with Crippen LogP contribution >= 0.6 is 0 Å². The number of alkyl halides is 2. The van der Waals surface area contributed by atoms with E-state index in [4.69, 9.17) is 0 Å². The van der Waals surface area contributed by atoms with Gasteiger partial charge in [0, 0.05) is 35.8 Å². The van der Waals surface area contributed by atoms with Gasteiger partial charge in [-0.25, -0.2) is 17.2 Å². The van der Waals surface area contributed by atoms with E-state index in [0.717, 1.165) is 6.26 Å². The van der Waals surface area contributed by atoms with E-state index in [1.54, 1.807) is 19.1 Å². The molecule has 0 radical (unpaired) electrons. The summed E-state index contributed by atoms with van der Waals surface area (Å²) in [6.45, 7) is 1.70. The quantitative estimate of drug-likeness (QED) is 0.605. The lowest BCUT2D eigenvalue weighted by Crippen LogP contribution is -2.29. The van der Waals surface area contributed by atoms with Crippen LogP contribution in [0.5, 0.6) is 0 Å². The van der Waals surface area contributed by atoms with Crippen LogP contribution in [0.3, 0.4) is 0 Å². The molecule has 31 heavy (non-hydrogen) atoms. The molecule has 6 nitrogen and oxygen atoms in total. The van der Waals surface area contributed by atoms with Gasteiger partial charge >= 0.3 is 0 Å². The number of aromatic nitrogens is 1. The highest BCUT2D eigenvalue weighted by atomic mass is 32.2. The lowest BCUT2D eigenvalue weighted by Gasteiger charge is -2.11. The molecule has 2 N–H and O–H groups in total. The Hall–Kier alpha value is -3.33. The highest BCUT2D eigenvalue weighted by molar-refractivity contribution is 7.90. The van der Waals surface area contributed by atoms with E-state index in [1.807, 2.05) is 0 Å². The maximum Gasteiger partial charge on any atom is 0.263 e. The lowest BCUT2D eigenvalue weighted by atomic mass is 9.99. The summed E-state index contributed by atoms with van der Waals surface area (Å²) in [5.41, 5.74) is 0.584. The molecule has 0 saturated heterocycles. The van der Waals surface area contributed by atoms with Crippen molar-refractivity contribution in [3.8, 4) is 11.1 Å². The van der Waals surface area contributed by atoms with Crippen molar-refractivity contribution in [2.24, 2.45) is 0 Å². The van der Waals surface area contributed by atoms with Crippen LogP contribution < -0.4 is 10.7 Å². The van der Waals surface area contributed by atoms with Crippen molar-refractivity contribution < 1.29 is 22.0 Å². The molecule has 1 aromatic heterocycles. The first-order valence-corrected chi connectivity index (χ1v) is 11.1. The predicted molar refractivity (Wildman–Crippen MR) is 113 cm³/mol. The molecule has 0 aliphatic heterocycles. The number of hydrogen-bond donors (Lipinski definition) is 2. The molecule has 162 valence electrons. The van der Waals surface area contributed by atoms with E-state index < -0.39 is 27.6 Å². The Kier molecular flexibility index (Phi) is 6.35. The molecule has 9 heteroatoms. The Morgan fingerprint density at radius 2 is 1.81 bits per heavy atom. The molecule has 0 bridgehead atoms. The Labute approximate surface area is 177 Å². The van der Waals surface area contributed by atoms with Gasteiger partial charge in [0.25, 0.3) is 12.3 Å². The van der Waals surface area contributed by atoms with Gasteiger partial charge in [0.05, 0.1) is 4.90 Å². The Balaban J connectivity index is 1.85. The fraction of sp³-hybridized carbons (Fsp3) is 0.182. The Bertz CT molecular complexity index is 1280. The van der Waals surface area contributed by atoms with Crippen LogP contribution in [0.15, 0.2) is 64.4 Å². The number of aryl methyl sites for hydroxylation is 1. The normalized spacial score (nSPS) is 11.5. The molecule has 0 aliphatic rings. The lowest BCUT2D eigenvalue weighted by molar-refractivity contribution is 0.0949. The third-order valence-electron chi connectivity index (χ3n) is 4.76. The number of pyridine rings is 1. The number of carbonyl (C=O) groups excluding carboxylic acids is 1. The number of halogens is 2. The van der Waals surface area contributed by atoms with Gasteiger partial charge in [-0.15, -0.1) is 0 Å². The van der Waals surface area contributed by atoms with Gasteiger partial charge in [-0.2, -0.15) is 0 Å². The van der Waals surface area contributed by atoms with Gasteiger partial charge in [-0.3, -0.25) is 9.59 Å². The number of amides is 1. The molecule has 0 spiro atoms. The number of rotatable bonds is 6. The summed E-state index contributed by atoms with van der Waals surface area (Å²) in [7, 11) is -3.32. The zero-order valence-corrected chi connectivity index (χ0v) is 17.6.